The van der Waals surface area contributed by atoms with Crippen LogP contribution in [0.5, 0.6) is 5.88 Å². The van der Waals surface area contributed by atoms with Crippen molar-refractivity contribution >= 4 is 0 Å². The molecule has 2 N–H and O–H groups in total. The number of hydrogen-bond donors (Lipinski definition) is 1. The number of nitrogens with zero attached hydrogens (tertiary/aromatic N) is 3. The van der Waals surface area contributed by atoms with Crippen molar-refractivity contribution < 1.29 is 14.0 Å². The Labute approximate surface area is 117 Å². The van der Waals surface area contributed by atoms with Crippen LogP contribution in [0.4, 0.5) is 0 Å². The van der Waals surface area contributed by atoms with E-state index in [-0.39, 0.29) is 0 Å². The van der Waals surface area contributed by atoms with Gasteiger partial charge < -0.3 is 19.7 Å². The van der Waals surface area contributed by atoms with Gasteiger partial charge in [-0.1, -0.05) is 12.1 Å². The molecule has 108 valence electrons. The number of methoxy groups -OCH3 is 1. The Bertz CT molecular complexity index is 544. The third-order valence-electron chi connectivity index (χ3n) is 2.61. The molecule has 0 spiro atoms. The smallest absolute Gasteiger partial charge is 0.263 e. The second kappa shape index (κ2) is 6.97. The minimum Gasteiger partial charge on any atom is -0.480 e. The molecule has 7 heteroatoms. The van der Waals surface area contributed by atoms with Crippen molar-refractivity contribution in [2.45, 2.75) is 19.4 Å². The zero-order valence-electron chi connectivity index (χ0n) is 11.6. The number of nitrogens with two attached hydrogens (primary N) is 1. The molecule has 2 rings (SSSR count). The molecular weight excluding hydrogens is 260 g/mol. The van der Waals surface area contributed by atoms with E-state index in [1.165, 1.54) is 7.11 Å². The monoisotopic (exact) mass is 278 g/mol. The van der Waals surface area contributed by atoms with Crippen LogP contribution in [0.3, 0.4) is 0 Å². The third kappa shape index (κ3) is 3.31. The molecule has 0 saturated carbocycles. The van der Waals surface area contributed by atoms with Gasteiger partial charge in [0.1, 0.15) is 5.56 Å². The first-order chi connectivity index (χ1) is 9.76. The Kier molecular flexibility index (Phi) is 5.03. The molecule has 2 heterocycles. The minimum atomic E-state index is -0.415. The largest absolute Gasteiger partial charge is 0.480 e. The lowest BCUT2D eigenvalue weighted by Crippen LogP contribution is -2.18. The van der Waals surface area contributed by atoms with Crippen LogP contribution in [-0.4, -0.2) is 35.4 Å². The van der Waals surface area contributed by atoms with Gasteiger partial charge >= 0.3 is 0 Å². The standard InChI is InChI=1S/C13H18N4O3/c1-3-7-19-8-10(14)11-16-13(20-17-11)9-5-4-6-15-12(9)18-2/h4-6,10H,3,7-8,14H2,1-2H3. The quantitative estimate of drug-likeness (QED) is 0.768. The highest BCUT2D eigenvalue weighted by Crippen LogP contribution is 2.26. The van der Waals surface area contributed by atoms with Gasteiger partial charge in [-0.2, -0.15) is 4.98 Å². The molecule has 0 aliphatic heterocycles. The van der Waals surface area contributed by atoms with E-state index in [4.69, 9.17) is 19.7 Å². The van der Waals surface area contributed by atoms with E-state index in [9.17, 15) is 0 Å². The van der Waals surface area contributed by atoms with Crippen LogP contribution in [0.1, 0.15) is 25.2 Å². The second-order valence-electron chi connectivity index (χ2n) is 4.20. The van der Waals surface area contributed by atoms with E-state index in [2.05, 4.69) is 15.1 Å². The summed E-state index contributed by atoms with van der Waals surface area (Å²) < 4.78 is 15.7. The van der Waals surface area contributed by atoms with Gasteiger partial charge in [0.2, 0.25) is 5.88 Å². The van der Waals surface area contributed by atoms with Crippen molar-refractivity contribution in [3.05, 3.63) is 24.2 Å². The molecule has 20 heavy (non-hydrogen) atoms. The first-order valence-corrected chi connectivity index (χ1v) is 6.42. The van der Waals surface area contributed by atoms with E-state index in [1.54, 1.807) is 18.3 Å². The summed E-state index contributed by atoms with van der Waals surface area (Å²) in [5.41, 5.74) is 6.58. The molecule has 1 atom stereocenters. The van der Waals surface area contributed by atoms with E-state index in [0.717, 1.165) is 6.42 Å². The number of hydrogen-bond acceptors (Lipinski definition) is 7. The summed E-state index contributed by atoms with van der Waals surface area (Å²) in [5, 5.41) is 3.87. The number of aromatic nitrogens is 3. The average molecular weight is 278 g/mol. The lowest BCUT2D eigenvalue weighted by atomic mass is 10.2. The van der Waals surface area contributed by atoms with Gasteiger partial charge in [0.05, 0.1) is 19.8 Å². The van der Waals surface area contributed by atoms with Gasteiger partial charge in [0.15, 0.2) is 5.82 Å². The van der Waals surface area contributed by atoms with E-state index < -0.39 is 6.04 Å². The minimum absolute atomic E-state index is 0.330. The zero-order chi connectivity index (χ0) is 14.4. The summed E-state index contributed by atoms with van der Waals surface area (Å²) in [4.78, 5) is 8.35. The van der Waals surface area contributed by atoms with Gasteiger partial charge in [0, 0.05) is 12.8 Å². The fraction of sp³-hybridized carbons (Fsp3) is 0.462. The molecule has 1 unspecified atom stereocenters. The predicted molar refractivity (Wildman–Crippen MR) is 72.1 cm³/mol. The van der Waals surface area contributed by atoms with Gasteiger partial charge in [-0.15, -0.1) is 0 Å². The number of pyridine rings is 1. The Morgan fingerprint density at radius 2 is 2.30 bits per heavy atom. The maximum atomic E-state index is 5.94. The molecule has 0 aliphatic rings. The molecule has 0 bridgehead atoms. The SMILES string of the molecule is CCCOCC(N)c1noc(-c2cccnc2OC)n1. The van der Waals surface area contributed by atoms with Crippen molar-refractivity contribution in [3.8, 4) is 17.3 Å². The summed E-state index contributed by atoms with van der Waals surface area (Å²) in [6.45, 7) is 3.05. The fourth-order valence-corrected chi connectivity index (χ4v) is 1.64. The van der Waals surface area contributed by atoms with Crippen LogP contribution < -0.4 is 10.5 Å². The molecule has 0 aliphatic carbocycles. The molecule has 0 aromatic carbocycles. The molecule has 7 nitrogen and oxygen atoms in total. The summed E-state index contributed by atoms with van der Waals surface area (Å²) in [6, 6.07) is 3.15. The molecule has 0 fully saturated rings. The van der Waals surface area contributed by atoms with Crippen LogP contribution in [0.25, 0.3) is 11.5 Å². The first-order valence-electron chi connectivity index (χ1n) is 6.42. The lowest BCUT2D eigenvalue weighted by Gasteiger charge is -2.06. The van der Waals surface area contributed by atoms with Crippen molar-refractivity contribution in [2.75, 3.05) is 20.3 Å². The van der Waals surface area contributed by atoms with Crippen LogP contribution in [0, 0.1) is 0 Å². The van der Waals surface area contributed by atoms with Crippen LogP contribution in [0.2, 0.25) is 0 Å². The predicted octanol–water partition coefficient (Wildman–Crippen LogP) is 1.57. The van der Waals surface area contributed by atoms with E-state index in [0.29, 0.717) is 36.4 Å². The van der Waals surface area contributed by atoms with Crippen molar-refractivity contribution in [3.63, 3.8) is 0 Å². The average Bonchev–Trinajstić information content (AvgIpc) is 2.97. The van der Waals surface area contributed by atoms with Gasteiger partial charge in [-0.05, 0) is 18.6 Å². The highest BCUT2D eigenvalue weighted by Gasteiger charge is 2.18. The maximum Gasteiger partial charge on any atom is 0.263 e. The summed E-state index contributed by atoms with van der Waals surface area (Å²) in [6.07, 6.45) is 2.57. The van der Waals surface area contributed by atoms with Crippen LogP contribution >= 0.6 is 0 Å². The first kappa shape index (κ1) is 14.4. The topological polar surface area (TPSA) is 96.3 Å². The van der Waals surface area contributed by atoms with Crippen molar-refractivity contribution in [2.24, 2.45) is 5.73 Å². The molecule has 0 radical (unpaired) electrons. The zero-order valence-corrected chi connectivity index (χ0v) is 11.6. The van der Waals surface area contributed by atoms with Gasteiger partial charge in [0.25, 0.3) is 5.89 Å². The Balaban J connectivity index is 2.12. The highest BCUT2D eigenvalue weighted by molar-refractivity contribution is 5.59. The molecule has 2 aromatic heterocycles. The summed E-state index contributed by atoms with van der Waals surface area (Å²) in [7, 11) is 1.54. The van der Waals surface area contributed by atoms with Gasteiger partial charge in [-0.25, -0.2) is 4.98 Å². The Morgan fingerprint density at radius 3 is 3.05 bits per heavy atom. The Hall–Kier alpha value is -1.99. The lowest BCUT2D eigenvalue weighted by molar-refractivity contribution is 0.119. The van der Waals surface area contributed by atoms with Crippen LogP contribution in [0.15, 0.2) is 22.9 Å². The van der Waals surface area contributed by atoms with Crippen molar-refractivity contribution in [1.29, 1.82) is 0 Å². The molecule has 2 aromatic rings. The summed E-state index contributed by atoms with van der Waals surface area (Å²) >= 11 is 0. The Morgan fingerprint density at radius 1 is 1.45 bits per heavy atom. The molecule has 0 amide bonds. The van der Waals surface area contributed by atoms with Crippen LogP contribution in [-0.2, 0) is 4.74 Å². The normalized spacial score (nSPS) is 12.3. The van der Waals surface area contributed by atoms with E-state index in [1.807, 2.05) is 6.92 Å². The maximum absolute atomic E-state index is 5.94. The molecule has 0 saturated heterocycles. The highest BCUT2D eigenvalue weighted by atomic mass is 16.5. The third-order valence-corrected chi connectivity index (χ3v) is 2.61. The fourth-order valence-electron chi connectivity index (χ4n) is 1.64. The summed E-state index contributed by atoms with van der Waals surface area (Å²) in [5.74, 6) is 1.16. The number of ether oxygens (including phenoxy) is 2. The van der Waals surface area contributed by atoms with E-state index >= 15 is 0 Å². The second-order valence-corrected chi connectivity index (χ2v) is 4.20. The van der Waals surface area contributed by atoms with Crippen molar-refractivity contribution in [1.82, 2.24) is 15.1 Å². The molecular formula is C13H18N4O3. The number of rotatable bonds is 7. The van der Waals surface area contributed by atoms with Gasteiger partial charge in [-0.3, -0.25) is 0 Å².